The number of benzene rings is 1. The molecule has 0 unspecified atom stereocenters. The third-order valence-electron chi connectivity index (χ3n) is 2.38. The van der Waals surface area contributed by atoms with Crippen LogP contribution in [0, 0.1) is 0 Å². The molecule has 88 valence electrons. The van der Waals surface area contributed by atoms with Gasteiger partial charge in [0.2, 0.25) is 5.91 Å². The van der Waals surface area contributed by atoms with Crippen molar-refractivity contribution in [2.75, 3.05) is 12.8 Å². The summed E-state index contributed by atoms with van der Waals surface area (Å²) in [7, 11) is 1.79. The first-order chi connectivity index (χ1) is 7.52. The Bertz CT molecular complexity index is 366. The molecular weight excluding hydrogens is 222 g/mol. The molecule has 0 heterocycles. The second-order valence-corrected chi connectivity index (χ2v) is 4.87. The van der Waals surface area contributed by atoms with E-state index in [1.165, 1.54) is 11.8 Å². The normalized spacial score (nSPS) is 10.5. The highest BCUT2D eigenvalue weighted by Crippen LogP contribution is 2.27. The molecule has 1 aromatic carbocycles. The highest BCUT2D eigenvalue weighted by atomic mass is 32.2. The minimum absolute atomic E-state index is 0.0725. The lowest BCUT2D eigenvalue weighted by atomic mass is 10.3. The lowest BCUT2D eigenvalue weighted by Gasteiger charge is -2.21. The fraction of sp³-hybridized carbons (Fsp3) is 0.417. The average molecular weight is 239 g/mol. The summed E-state index contributed by atoms with van der Waals surface area (Å²) in [5.41, 5.74) is 0. The van der Waals surface area contributed by atoms with Gasteiger partial charge in [-0.2, -0.15) is 0 Å². The summed E-state index contributed by atoms with van der Waals surface area (Å²) in [4.78, 5) is 14.1. The third-order valence-corrected chi connectivity index (χ3v) is 3.43. The van der Waals surface area contributed by atoms with Crippen molar-refractivity contribution >= 4 is 17.7 Å². The van der Waals surface area contributed by atoms with Crippen LogP contribution < -0.4 is 0 Å². The minimum atomic E-state index is 0.0725. The number of phenolic OH excluding ortho intramolecular Hbond substituents is 1. The summed E-state index contributed by atoms with van der Waals surface area (Å²) < 4.78 is 0. The smallest absolute Gasteiger partial charge is 0.232 e. The summed E-state index contributed by atoms with van der Waals surface area (Å²) in [5, 5.41) is 9.53. The molecule has 0 saturated heterocycles. The molecule has 3 nitrogen and oxygen atoms in total. The first kappa shape index (κ1) is 12.9. The number of para-hydroxylation sites is 1. The highest BCUT2D eigenvalue weighted by Gasteiger charge is 2.12. The third kappa shape index (κ3) is 3.45. The van der Waals surface area contributed by atoms with Gasteiger partial charge in [-0.1, -0.05) is 12.1 Å². The van der Waals surface area contributed by atoms with Gasteiger partial charge in [0.15, 0.2) is 0 Å². The zero-order valence-electron chi connectivity index (χ0n) is 9.80. The Morgan fingerprint density at radius 3 is 2.62 bits per heavy atom. The molecule has 0 saturated carbocycles. The maximum atomic E-state index is 11.7. The van der Waals surface area contributed by atoms with Crippen LogP contribution in [0.5, 0.6) is 5.75 Å². The van der Waals surface area contributed by atoms with Crippen LogP contribution in [0.3, 0.4) is 0 Å². The number of nitrogens with zero attached hydrogens (tertiary/aromatic N) is 1. The number of hydrogen-bond donors (Lipinski definition) is 1. The molecule has 1 aromatic rings. The molecule has 0 atom stereocenters. The molecule has 1 rings (SSSR count). The summed E-state index contributed by atoms with van der Waals surface area (Å²) in [6, 6.07) is 7.25. The zero-order chi connectivity index (χ0) is 12.1. The largest absolute Gasteiger partial charge is 0.507 e. The van der Waals surface area contributed by atoms with Gasteiger partial charge in [0.25, 0.3) is 0 Å². The molecule has 16 heavy (non-hydrogen) atoms. The van der Waals surface area contributed by atoms with E-state index in [-0.39, 0.29) is 17.7 Å². The van der Waals surface area contributed by atoms with Crippen molar-refractivity contribution in [2.24, 2.45) is 0 Å². The molecule has 0 aliphatic carbocycles. The Balaban J connectivity index is 2.52. The Kier molecular flexibility index (Phi) is 4.68. The summed E-state index contributed by atoms with van der Waals surface area (Å²) in [5.74, 6) is 0.655. The Morgan fingerprint density at radius 1 is 1.44 bits per heavy atom. The molecule has 1 N–H and O–H groups in total. The van der Waals surface area contributed by atoms with Crippen molar-refractivity contribution in [3.8, 4) is 5.75 Å². The quantitative estimate of drug-likeness (QED) is 0.820. The minimum Gasteiger partial charge on any atom is -0.507 e. The van der Waals surface area contributed by atoms with Gasteiger partial charge in [0.05, 0.1) is 5.75 Å². The van der Waals surface area contributed by atoms with E-state index in [9.17, 15) is 9.90 Å². The van der Waals surface area contributed by atoms with Crippen LogP contribution in [0.2, 0.25) is 0 Å². The van der Waals surface area contributed by atoms with E-state index in [4.69, 9.17) is 0 Å². The number of amides is 1. The van der Waals surface area contributed by atoms with Crippen molar-refractivity contribution < 1.29 is 9.90 Å². The zero-order valence-corrected chi connectivity index (χ0v) is 10.6. The van der Waals surface area contributed by atoms with E-state index >= 15 is 0 Å². The van der Waals surface area contributed by atoms with Crippen molar-refractivity contribution in [1.29, 1.82) is 0 Å². The number of phenols is 1. The van der Waals surface area contributed by atoms with Gasteiger partial charge in [-0.25, -0.2) is 0 Å². The first-order valence-corrected chi connectivity index (χ1v) is 6.17. The van der Waals surface area contributed by atoms with E-state index in [0.29, 0.717) is 5.75 Å². The van der Waals surface area contributed by atoms with E-state index in [1.807, 2.05) is 26.0 Å². The van der Waals surface area contributed by atoms with Crippen molar-refractivity contribution in [3.05, 3.63) is 24.3 Å². The predicted molar refractivity (Wildman–Crippen MR) is 66.7 cm³/mol. The van der Waals surface area contributed by atoms with Gasteiger partial charge in [-0.3, -0.25) is 4.79 Å². The predicted octanol–water partition coefficient (Wildman–Crippen LogP) is 2.35. The fourth-order valence-corrected chi connectivity index (χ4v) is 1.98. The first-order valence-electron chi connectivity index (χ1n) is 5.19. The number of carbonyl (C=O) groups is 1. The molecule has 0 aliphatic heterocycles. The Morgan fingerprint density at radius 2 is 2.06 bits per heavy atom. The maximum Gasteiger partial charge on any atom is 0.232 e. The van der Waals surface area contributed by atoms with Crippen LogP contribution in [0.15, 0.2) is 29.2 Å². The monoisotopic (exact) mass is 239 g/mol. The van der Waals surface area contributed by atoms with Crippen LogP contribution in [0.25, 0.3) is 0 Å². The maximum absolute atomic E-state index is 11.7. The number of rotatable bonds is 4. The number of thioether (sulfide) groups is 1. The van der Waals surface area contributed by atoms with Crippen molar-refractivity contribution in [2.45, 2.75) is 24.8 Å². The van der Waals surface area contributed by atoms with Crippen molar-refractivity contribution in [1.82, 2.24) is 4.90 Å². The molecule has 4 heteroatoms. The van der Waals surface area contributed by atoms with E-state index in [0.717, 1.165) is 4.90 Å². The number of carbonyl (C=O) groups excluding carboxylic acids is 1. The topological polar surface area (TPSA) is 40.5 Å². The second-order valence-electron chi connectivity index (χ2n) is 3.85. The molecule has 0 aliphatic rings. The van der Waals surface area contributed by atoms with Gasteiger partial charge in [-0.05, 0) is 26.0 Å². The van der Waals surface area contributed by atoms with E-state index in [1.54, 1.807) is 24.1 Å². The van der Waals surface area contributed by atoms with Crippen LogP contribution in [-0.4, -0.2) is 34.8 Å². The molecule has 1 amide bonds. The van der Waals surface area contributed by atoms with Gasteiger partial charge in [0.1, 0.15) is 5.75 Å². The fourth-order valence-electron chi connectivity index (χ4n) is 1.11. The summed E-state index contributed by atoms with van der Waals surface area (Å²) in [6.07, 6.45) is 0. The number of hydrogen-bond acceptors (Lipinski definition) is 3. The molecule has 0 aromatic heterocycles. The van der Waals surface area contributed by atoms with Crippen LogP contribution >= 0.6 is 11.8 Å². The van der Waals surface area contributed by atoms with Gasteiger partial charge in [-0.15, -0.1) is 11.8 Å². The standard InChI is InChI=1S/C12H17NO2S/c1-9(2)13(3)12(15)8-16-11-7-5-4-6-10(11)14/h4-7,9,14H,8H2,1-3H3. The SMILES string of the molecule is CC(C)N(C)C(=O)CSc1ccccc1O. The Hall–Kier alpha value is -1.16. The molecule has 0 fully saturated rings. The summed E-state index contributed by atoms with van der Waals surface area (Å²) in [6.45, 7) is 3.95. The lowest BCUT2D eigenvalue weighted by molar-refractivity contribution is -0.128. The lowest BCUT2D eigenvalue weighted by Crippen LogP contribution is -2.34. The van der Waals surface area contributed by atoms with Crippen LogP contribution in [-0.2, 0) is 4.79 Å². The molecule has 0 radical (unpaired) electrons. The van der Waals surface area contributed by atoms with Gasteiger partial charge >= 0.3 is 0 Å². The van der Waals surface area contributed by atoms with E-state index < -0.39 is 0 Å². The van der Waals surface area contributed by atoms with Gasteiger partial charge in [0, 0.05) is 18.0 Å². The van der Waals surface area contributed by atoms with Crippen LogP contribution in [0.4, 0.5) is 0 Å². The molecular formula is C12H17NO2S. The molecule has 0 bridgehead atoms. The van der Waals surface area contributed by atoms with Crippen LogP contribution in [0.1, 0.15) is 13.8 Å². The van der Waals surface area contributed by atoms with Gasteiger partial charge < -0.3 is 10.0 Å². The second kappa shape index (κ2) is 5.80. The molecule has 0 spiro atoms. The number of aromatic hydroxyl groups is 1. The summed E-state index contributed by atoms with van der Waals surface area (Å²) >= 11 is 1.36. The van der Waals surface area contributed by atoms with Crippen molar-refractivity contribution in [3.63, 3.8) is 0 Å². The average Bonchev–Trinajstić information content (AvgIpc) is 2.26. The Labute approximate surface area is 100 Å². The highest BCUT2D eigenvalue weighted by molar-refractivity contribution is 8.00. The van der Waals surface area contributed by atoms with E-state index in [2.05, 4.69) is 0 Å².